The fourth-order valence-corrected chi connectivity index (χ4v) is 3.69. The Morgan fingerprint density at radius 1 is 1.17 bits per heavy atom. The normalized spacial score (nSPS) is 11.9. The zero-order chi connectivity index (χ0) is 20.7. The van der Waals surface area contributed by atoms with Gasteiger partial charge in [0.2, 0.25) is 0 Å². The van der Waals surface area contributed by atoms with Crippen molar-refractivity contribution >= 4 is 0 Å². The molecule has 148 valence electrons. The molecule has 0 aliphatic carbocycles. The quantitative estimate of drug-likeness (QED) is 0.461. The number of halogens is 1. The first kappa shape index (κ1) is 18.2. The lowest BCUT2D eigenvalue weighted by atomic mass is 10.1. The number of nitrogens with zero attached hydrogens (tertiary/aromatic N) is 6. The first-order valence-electron chi connectivity index (χ1n) is 9.46. The Balaban J connectivity index is 1.53. The van der Waals surface area contributed by atoms with Crippen molar-refractivity contribution in [2.45, 2.75) is 26.7 Å². The van der Waals surface area contributed by atoms with Gasteiger partial charge >= 0.3 is 0 Å². The maximum Gasteiger partial charge on any atom is 0.166 e. The van der Waals surface area contributed by atoms with Crippen LogP contribution in [-0.4, -0.2) is 24.3 Å². The number of aryl methyl sites for hydroxylation is 1. The second kappa shape index (κ2) is 7.21. The van der Waals surface area contributed by atoms with Gasteiger partial charge in [0.1, 0.15) is 24.8 Å². The highest BCUT2D eigenvalue weighted by Gasteiger charge is 2.26. The molecule has 3 heterocycles. The van der Waals surface area contributed by atoms with Gasteiger partial charge in [0.05, 0.1) is 24.5 Å². The molecule has 0 radical (unpaired) electrons. The van der Waals surface area contributed by atoms with Crippen LogP contribution in [0.4, 0.5) is 4.39 Å². The van der Waals surface area contributed by atoms with Gasteiger partial charge in [0.15, 0.2) is 17.3 Å². The molecule has 0 spiro atoms. The van der Waals surface area contributed by atoms with Crippen LogP contribution in [-0.2, 0) is 24.5 Å². The minimum absolute atomic E-state index is 0.131. The molecule has 0 saturated heterocycles. The average Bonchev–Trinajstić information content (AvgIpc) is 3.31. The Bertz CT molecular complexity index is 1300. The van der Waals surface area contributed by atoms with Crippen molar-refractivity contribution in [2.24, 2.45) is 0 Å². The zero-order valence-corrected chi connectivity index (χ0v) is 16.2. The minimum Gasteiger partial charge on any atom is -0.369 e. The minimum atomic E-state index is -0.301. The van der Waals surface area contributed by atoms with Crippen molar-refractivity contribution in [1.82, 2.24) is 24.3 Å². The standard InChI is InChI=1S/C22H17FN6O/c1-14-6-7-19-16(8-14)22-27-26-21(12-30-11-15-4-2-3-5-17(15)23)28(22)10-20-18(9-24)25-13-29(19)20/h2-8,13H,10-12H2,1H3. The Kier molecular flexibility index (Phi) is 4.38. The second-order valence-corrected chi connectivity index (χ2v) is 7.15. The van der Waals surface area contributed by atoms with Gasteiger partial charge in [-0.2, -0.15) is 5.26 Å². The van der Waals surface area contributed by atoms with Crippen LogP contribution >= 0.6 is 0 Å². The van der Waals surface area contributed by atoms with E-state index in [0.717, 1.165) is 22.5 Å². The van der Waals surface area contributed by atoms with E-state index in [0.29, 0.717) is 29.5 Å². The third-order valence-electron chi connectivity index (χ3n) is 5.21. The fourth-order valence-electron chi connectivity index (χ4n) is 3.69. The third kappa shape index (κ3) is 2.96. The molecule has 30 heavy (non-hydrogen) atoms. The Morgan fingerprint density at radius 3 is 2.87 bits per heavy atom. The van der Waals surface area contributed by atoms with Gasteiger partial charge in [0.25, 0.3) is 0 Å². The van der Waals surface area contributed by atoms with Crippen LogP contribution < -0.4 is 0 Å². The number of imidazole rings is 1. The van der Waals surface area contributed by atoms with Crippen molar-refractivity contribution in [2.75, 3.05) is 0 Å². The van der Waals surface area contributed by atoms with E-state index in [4.69, 9.17) is 4.74 Å². The highest BCUT2D eigenvalue weighted by Crippen LogP contribution is 2.33. The van der Waals surface area contributed by atoms with Gasteiger partial charge in [-0.05, 0) is 25.1 Å². The number of aromatic nitrogens is 5. The number of ether oxygens (including phenoxy) is 1. The summed E-state index contributed by atoms with van der Waals surface area (Å²) in [5, 5.41) is 18.2. The first-order valence-corrected chi connectivity index (χ1v) is 9.46. The van der Waals surface area contributed by atoms with E-state index in [2.05, 4.69) is 21.3 Å². The van der Waals surface area contributed by atoms with E-state index in [1.54, 1.807) is 24.5 Å². The van der Waals surface area contributed by atoms with E-state index in [9.17, 15) is 9.65 Å². The zero-order valence-electron chi connectivity index (χ0n) is 16.2. The number of hydrogen-bond donors (Lipinski definition) is 0. The van der Waals surface area contributed by atoms with Gasteiger partial charge < -0.3 is 9.30 Å². The van der Waals surface area contributed by atoms with E-state index in [1.165, 1.54) is 6.07 Å². The Morgan fingerprint density at radius 2 is 2.03 bits per heavy atom. The van der Waals surface area contributed by atoms with E-state index < -0.39 is 0 Å². The topological polar surface area (TPSA) is 81.6 Å². The van der Waals surface area contributed by atoms with Crippen molar-refractivity contribution in [3.63, 3.8) is 0 Å². The van der Waals surface area contributed by atoms with Crippen LogP contribution in [0.2, 0.25) is 0 Å². The van der Waals surface area contributed by atoms with Gasteiger partial charge in [-0.15, -0.1) is 10.2 Å². The molecule has 1 aliphatic heterocycles. The molecule has 0 unspecified atom stereocenters. The Hall–Kier alpha value is -3.83. The highest BCUT2D eigenvalue weighted by atomic mass is 19.1. The summed E-state index contributed by atoms with van der Waals surface area (Å²) in [6.45, 7) is 2.70. The largest absolute Gasteiger partial charge is 0.369 e. The maximum absolute atomic E-state index is 13.8. The molecule has 5 rings (SSSR count). The third-order valence-corrected chi connectivity index (χ3v) is 5.21. The predicted molar refractivity (Wildman–Crippen MR) is 106 cm³/mol. The monoisotopic (exact) mass is 400 g/mol. The lowest BCUT2D eigenvalue weighted by molar-refractivity contribution is 0.0972. The van der Waals surface area contributed by atoms with Crippen LogP contribution in [0.1, 0.15) is 28.3 Å². The summed E-state index contributed by atoms with van der Waals surface area (Å²) in [6.07, 6.45) is 1.66. The lowest BCUT2D eigenvalue weighted by Crippen LogP contribution is -2.10. The van der Waals surface area contributed by atoms with Crippen molar-refractivity contribution in [3.8, 4) is 23.1 Å². The molecule has 2 aromatic carbocycles. The van der Waals surface area contributed by atoms with Crippen molar-refractivity contribution in [3.05, 3.63) is 82.9 Å². The molecule has 0 fully saturated rings. The van der Waals surface area contributed by atoms with Crippen LogP contribution in [0.5, 0.6) is 0 Å². The summed E-state index contributed by atoms with van der Waals surface area (Å²) in [4.78, 5) is 4.25. The lowest BCUT2D eigenvalue weighted by Gasteiger charge is -2.09. The SMILES string of the molecule is Cc1ccc2c(c1)-c1nnc(COCc3ccccc3F)n1Cc1c(C#N)ncn1-2. The number of rotatable bonds is 4. The number of fused-ring (bicyclic) bond motifs is 5. The van der Waals surface area contributed by atoms with Crippen LogP contribution in [0.25, 0.3) is 17.1 Å². The van der Waals surface area contributed by atoms with E-state index in [1.807, 2.05) is 34.3 Å². The van der Waals surface area contributed by atoms with Crippen LogP contribution in [0, 0.1) is 24.1 Å². The summed E-state index contributed by atoms with van der Waals surface area (Å²) in [6, 6.07) is 14.7. The van der Waals surface area contributed by atoms with Gasteiger partial charge in [-0.1, -0.05) is 29.8 Å². The van der Waals surface area contributed by atoms with Gasteiger partial charge in [0, 0.05) is 11.1 Å². The fraction of sp³-hybridized carbons (Fsp3) is 0.182. The molecule has 7 nitrogen and oxygen atoms in total. The molecule has 0 saturated carbocycles. The average molecular weight is 400 g/mol. The number of hydrogen-bond acceptors (Lipinski definition) is 5. The van der Waals surface area contributed by atoms with Crippen molar-refractivity contribution in [1.29, 1.82) is 5.26 Å². The second-order valence-electron chi connectivity index (χ2n) is 7.15. The molecular formula is C22H17FN6O. The molecule has 0 N–H and O–H groups in total. The molecule has 0 amide bonds. The summed E-state index contributed by atoms with van der Waals surface area (Å²) in [5.41, 5.74) is 4.50. The molecule has 4 aromatic rings. The first-order chi connectivity index (χ1) is 14.7. The van der Waals surface area contributed by atoms with Gasteiger partial charge in [-0.25, -0.2) is 9.37 Å². The molecule has 0 atom stereocenters. The number of nitriles is 1. The van der Waals surface area contributed by atoms with Crippen LogP contribution in [0.3, 0.4) is 0 Å². The summed E-state index contributed by atoms with van der Waals surface area (Å²) in [7, 11) is 0. The molecule has 2 aromatic heterocycles. The number of benzene rings is 2. The maximum atomic E-state index is 13.8. The summed E-state index contributed by atoms with van der Waals surface area (Å²) >= 11 is 0. The molecular weight excluding hydrogens is 383 g/mol. The summed E-state index contributed by atoms with van der Waals surface area (Å²) < 4.78 is 23.4. The molecule has 8 heteroatoms. The van der Waals surface area contributed by atoms with Gasteiger partial charge in [-0.3, -0.25) is 4.57 Å². The molecule has 1 aliphatic rings. The van der Waals surface area contributed by atoms with E-state index >= 15 is 0 Å². The predicted octanol–water partition coefficient (Wildman–Crippen LogP) is 3.53. The highest BCUT2D eigenvalue weighted by molar-refractivity contribution is 5.70. The summed E-state index contributed by atoms with van der Waals surface area (Å²) in [5.74, 6) is 1.00. The molecule has 0 bridgehead atoms. The Labute approximate surface area is 172 Å². The smallest absolute Gasteiger partial charge is 0.166 e. The van der Waals surface area contributed by atoms with Crippen LogP contribution in [0.15, 0.2) is 48.8 Å². The van der Waals surface area contributed by atoms with E-state index in [-0.39, 0.29) is 19.0 Å². The van der Waals surface area contributed by atoms with Crippen molar-refractivity contribution < 1.29 is 9.13 Å².